The van der Waals surface area contributed by atoms with Crippen molar-refractivity contribution in [1.82, 2.24) is 5.32 Å². The Hall–Kier alpha value is -1.08. The third-order valence-electron chi connectivity index (χ3n) is 3.29. The van der Waals surface area contributed by atoms with Crippen LogP contribution in [0.4, 0.5) is 18.9 Å². The van der Waals surface area contributed by atoms with Crippen molar-refractivity contribution in [2.75, 3.05) is 11.4 Å². The highest BCUT2D eigenvalue weighted by Gasteiger charge is 2.40. The minimum atomic E-state index is -4.50. The highest BCUT2D eigenvalue weighted by molar-refractivity contribution is 9.10. The quantitative estimate of drug-likeness (QED) is 0.888. The number of hydrogen-bond acceptors (Lipinski definition) is 2. The number of amides is 1. The second kappa shape index (κ2) is 5.96. The number of carbonyl (C=O) groups is 1. The summed E-state index contributed by atoms with van der Waals surface area (Å²) in [7, 11) is 0. The molecule has 0 aliphatic carbocycles. The van der Waals surface area contributed by atoms with Crippen LogP contribution in [0, 0.1) is 0 Å². The molecule has 116 valence electrons. The van der Waals surface area contributed by atoms with Gasteiger partial charge in [-0.15, -0.1) is 0 Å². The molecule has 1 unspecified atom stereocenters. The molecule has 0 spiro atoms. The van der Waals surface area contributed by atoms with Crippen LogP contribution in [0.1, 0.15) is 25.8 Å². The number of rotatable bonds is 3. The zero-order chi connectivity index (χ0) is 15.8. The summed E-state index contributed by atoms with van der Waals surface area (Å²) in [6.07, 6.45) is -3.99. The Labute approximate surface area is 129 Å². The maximum absolute atomic E-state index is 13.1. The van der Waals surface area contributed by atoms with Gasteiger partial charge in [-0.3, -0.25) is 4.79 Å². The first-order valence-corrected chi connectivity index (χ1v) is 7.43. The monoisotopic (exact) mass is 364 g/mol. The Morgan fingerprint density at radius 2 is 2.05 bits per heavy atom. The number of nitrogens with one attached hydrogen (secondary N) is 1. The Balaban J connectivity index is 2.33. The van der Waals surface area contributed by atoms with Gasteiger partial charge in [0.05, 0.1) is 17.3 Å². The highest BCUT2D eigenvalue weighted by Crippen LogP contribution is 2.39. The molecular formula is C14H16BrF3N2O. The van der Waals surface area contributed by atoms with Crippen molar-refractivity contribution >= 4 is 27.5 Å². The van der Waals surface area contributed by atoms with Crippen molar-refractivity contribution in [2.45, 2.75) is 38.5 Å². The van der Waals surface area contributed by atoms with Gasteiger partial charge in [-0.1, -0.05) is 29.8 Å². The Bertz CT molecular complexity index is 546. The summed E-state index contributed by atoms with van der Waals surface area (Å²) in [6, 6.07) is 3.54. The molecule has 21 heavy (non-hydrogen) atoms. The molecule has 7 heteroatoms. The molecule has 1 aromatic rings. The summed E-state index contributed by atoms with van der Waals surface area (Å²) in [6.45, 7) is 4.08. The highest BCUT2D eigenvalue weighted by atomic mass is 79.9. The van der Waals surface area contributed by atoms with E-state index in [1.807, 2.05) is 13.8 Å². The Kier molecular flexibility index (Phi) is 4.63. The minimum absolute atomic E-state index is 0.0799. The van der Waals surface area contributed by atoms with E-state index in [9.17, 15) is 18.0 Å². The molecule has 1 N–H and O–H groups in total. The van der Waals surface area contributed by atoms with Crippen LogP contribution in [0.3, 0.4) is 0 Å². The fourth-order valence-electron chi connectivity index (χ4n) is 2.45. The number of alkyl halides is 3. The van der Waals surface area contributed by atoms with Gasteiger partial charge in [0.2, 0.25) is 5.91 Å². The van der Waals surface area contributed by atoms with E-state index in [4.69, 9.17) is 0 Å². The molecule has 1 aromatic carbocycles. The van der Waals surface area contributed by atoms with Crippen LogP contribution in [0.15, 0.2) is 22.7 Å². The van der Waals surface area contributed by atoms with Crippen molar-refractivity contribution in [3.8, 4) is 0 Å². The van der Waals surface area contributed by atoms with Crippen LogP contribution in [0.25, 0.3) is 0 Å². The van der Waals surface area contributed by atoms with E-state index in [2.05, 4.69) is 21.2 Å². The van der Waals surface area contributed by atoms with Crippen molar-refractivity contribution in [3.63, 3.8) is 0 Å². The first-order valence-electron chi connectivity index (χ1n) is 6.64. The molecule has 0 radical (unpaired) electrons. The van der Waals surface area contributed by atoms with Crippen LogP contribution >= 0.6 is 15.9 Å². The largest absolute Gasteiger partial charge is 0.418 e. The first kappa shape index (κ1) is 16.3. The molecule has 0 bridgehead atoms. The number of halogens is 4. The molecule has 1 fully saturated rings. The van der Waals surface area contributed by atoms with E-state index < -0.39 is 17.8 Å². The van der Waals surface area contributed by atoms with Crippen LogP contribution in [0.5, 0.6) is 0 Å². The Morgan fingerprint density at radius 1 is 1.38 bits per heavy atom. The summed E-state index contributed by atoms with van der Waals surface area (Å²) in [5.74, 6) is -0.309. The first-order chi connectivity index (χ1) is 9.70. The fourth-order valence-corrected chi connectivity index (χ4v) is 2.81. The molecule has 3 nitrogen and oxygen atoms in total. The van der Waals surface area contributed by atoms with E-state index in [0.717, 1.165) is 6.07 Å². The molecule has 0 saturated carbocycles. The average Bonchev–Trinajstić information content (AvgIpc) is 2.69. The van der Waals surface area contributed by atoms with Crippen LogP contribution in [0.2, 0.25) is 0 Å². The third-order valence-corrected chi connectivity index (χ3v) is 3.79. The number of carbonyl (C=O) groups excluding carboxylic acids is 1. The lowest BCUT2D eigenvalue weighted by atomic mass is 10.1. The van der Waals surface area contributed by atoms with Crippen molar-refractivity contribution in [3.05, 3.63) is 28.2 Å². The lowest BCUT2D eigenvalue weighted by Gasteiger charge is -2.22. The predicted molar refractivity (Wildman–Crippen MR) is 78.2 cm³/mol. The fraction of sp³-hybridized carbons (Fsp3) is 0.500. The Morgan fingerprint density at radius 3 is 2.62 bits per heavy atom. The molecule has 1 amide bonds. The van der Waals surface area contributed by atoms with Crippen molar-refractivity contribution in [1.29, 1.82) is 0 Å². The van der Waals surface area contributed by atoms with Gasteiger partial charge in [0.15, 0.2) is 0 Å². The van der Waals surface area contributed by atoms with Crippen molar-refractivity contribution < 1.29 is 18.0 Å². The second-order valence-corrected chi connectivity index (χ2v) is 6.23. The average molecular weight is 365 g/mol. The standard InChI is InChI=1S/C14H16BrF3N2O/c1-8(2)19-11-5-6-20(13(11)21)12-4-3-9(15)7-10(12)14(16,17)18/h3-4,7-8,11,19H,5-6H2,1-2H3. The lowest BCUT2D eigenvalue weighted by molar-refractivity contribution is -0.137. The molecule has 1 saturated heterocycles. The van der Waals surface area contributed by atoms with E-state index >= 15 is 0 Å². The lowest BCUT2D eigenvalue weighted by Crippen LogP contribution is -2.41. The van der Waals surface area contributed by atoms with Crippen LogP contribution in [-0.2, 0) is 11.0 Å². The van der Waals surface area contributed by atoms with Crippen LogP contribution in [-0.4, -0.2) is 24.5 Å². The zero-order valence-corrected chi connectivity index (χ0v) is 13.3. The molecule has 1 aliphatic rings. The van der Waals surface area contributed by atoms with Gasteiger partial charge in [0.1, 0.15) is 0 Å². The maximum atomic E-state index is 13.1. The van der Waals surface area contributed by atoms with E-state index in [1.165, 1.54) is 17.0 Å². The minimum Gasteiger partial charge on any atom is -0.310 e. The van der Waals surface area contributed by atoms with Gasteiger partial charge in [0.25, 0.3) is 0 Å². The van der Waals surface area contributed by atoms with E-state index in [-0.39, 0.29) is 24.2 Å². The number of hydrogen-bond donors (Lipinski definition) is 1. The zero-order valence-electron chi connectivity index (χ0n) is 11.7. The third kappa shape index (κ3) is 3.58. The van der Waals surface area contributed by atoms with Crippen molar-refractivity contribution in [2.24, 2.45) is 0 Å². The van der Waals surface area contributed by atoms with Gasteiger partial charge < -0.3 is 10.2 Å². The number of nitrogens with zero attached hydrogens (tertiary/aromatic N) is 1. The maximum Gasteiger partial charge on any atom is 0.418 e. The summed E-state index contributed by atoms with van der Waals surface area (Å²) in [5, 5.41) is 3.08. The number of benzene rings is 1. The topological polar surface area (TPSA) is 32.3 Å². The predicted octanol–water partition coefficient (Wildman–Crippen LogP) is 3.57. The summed E-state index contributed by atoms with van der Waals surface area (Å²) >= 11 is 3.04. The molecule has 1 heterocycles. The molecular weight excluding hydrogens is 349 g/mol. The normalized spacial score (nSPS) is 19.7. The SMILES string of the molecule is CC(C)NC1CCN(c2ccc(Br)cc2C(F)(F)F)C1=O. The molecule has 1 aliphatic heterocycles. The second-order valence-electron chi connectivity index (χ2n) is 5.31. The van der Waals surface area contributed by atoms with Gasteiger partial charge in [-0.2, -0.15) is 13.2 Å². The smallest absolute Gasteiger partial charge is 0.310 e. The molecule has 2 rings (SSSR count). The van der Waals surface area contributed by atoms with Gasteiger partial charge in [-0.25, -0.2) is 0 Å². The van der Waals surface area contributed by atoms with Gasteiger partial charge in [-0.05, 0) is 24.6 Å². The van der Waals surface area contributed by atoms with Gasteiger partial charge >= 0.3 is 6.18 Å². The van der Waals surface area contributed by atoms with E-state index in [0.29, 0.717) is 10.9 Å². The van der Waals surface area contributed by atoms with Crippen LogP contribution < -0.4 is 10.2 Å². The van der Waals surface area contributed by atoms with Gasteiger partial charge in [0, 0.05) is 17.1 Å². The summed E-state index contributed by atoms with van der Waals surface area (Å²) in [5.41, 5.74) is -0.876. The molecule has 0 aromatic heterocycles. The number of anilines is 1. The summed E-state index contributed by atoms with van der Waals surface area (Å²) < 4.78 is 39.8. The molecule has 1 atom stereocenters. The van der Waals surface area contributed by atoms with E-state index in [1.54, 1.807) is 0 Å². The summed E-state index contributed by atoms with van der Waals surface area (Å²) in [4.78, 5) is 13.5.